The average Bonchev–Trinajstić information content (AvgIpc) is 2.61. The number of benzene rings is 2. The quantitative estimate of drug-likeness (QED) is 0.605. The van der Waals surface area contributed by atoms with E-state index < -0.39 is 0 Å². The zero-order valence-electron chi connectivity index (χ0n) is 13.5. The molecule has 0 aliphatic carbocycles. The number of carbonyl (C=O) groups excluding carboxylic acids is 1. The second-order valence-corrected chi connectivity index (χ2v) is 5.46. The van der Waals surface area contributed by atoms with Gasteiger partial charge in [0.15, 0.2) is 11.5 Å². The molecule has 0 heterocycles. The molecule has 0 aliphatic heterocycles. The number of hydrogen-bond acceptors (Lipinski definition) is 5. The number of methoxy groups -OCH3 is 3. The van der Waals surface area contributed by atoms with E-state index in [-0.39, 0.29) is 5.91 Å². The van der Waals surface area contributed by atoms with Gasteiger partial charge in [0, 0.05) is 10.0 Å². The van der Waals surface area contributed by atoms with Crippen LogP contribution < -0.4 is 19.6 Å². The van der Waals surface area contributed by atoms with Crippen molar-refractivity contribution in [1.29, 1.82) is 0 Å². The monoisotopic (exact) mass is 392 g/mol. The van der Waals surface area contributed by atoms with Crippen molar-refractivity contribution in [3.05, 3.63) is 52.0 Å². The number of ether oxygens (including phenoxy) is 3. The maximum atomic E-state index is 12.1. The molecule has 0 bridgehead atoms. The Kier molecular flexibility index (Phi) is 6.20. The maximum absolute atomic E-state index is 12.1. The number of rotatable bonds is 6. The van der Waals surface area contributed by atoms with Gasteiger partial charge in [-0.2, -0.15) is 5.10 Å². The van der Waals surface area contributed by atoms with Crippen LogP contribution >= 0.6 is 15.9 Å². The van der Waals surface area contributed by atoms with Gasteiger partial charge in [-0.15, -0.1) is 0 Å². The van der Waals surface area contributed by atoms with Gasteiger partial charge in [-0.1, -0.05) is 12.1 Å². The lowest BCUT2D eigenvalue weighted by Crippen LogP contribution is -2.18. The number of halogens is 1. The van der Waals surface area contributed by atoms with Gasteiger partial charge in [-0.05, 0) is 40.2 Å². The summed E-state index contributed by atoms with van der Waals surface area (Å²) in [6, 6.07) is 10.6. The van der Waals surface area contributed by atoms with E-state index in [4.69, 9.17) is 14.2 Å². The molecule has 7 heteroatoms. The van der Waals surface area contributed by atoms with Crippen molar-refractivity contribution in [2.45, 2.75) is 0 Å². The molecule has 24 heavy (non-hydrogen) atoms. The molecule has 0 aliphatic rings. The summed E-state index contributed by atoms with van der Waals surface area (Å²) >= 11 is 3.33. The van der Waals surface area contributed by atoms with Crippen molar-refractivity contribution in [2.24, 2.45) is 5.10 Å². The molecule has 0 spiro atoms. The summed E-state index contributed by atoms with van der Waals surface area (Å²) in [4.78, 5) is 12.1. The van der Waals surface area contributed by atoms with E-state index in [0.717, 1.165) is 0 Å². The van der Waals surface area contributed by atoms with E-state index in [1.165, 1.54) is 20.4 Å². The maximum Gasteiger partial charge on any atom is 0.272 e. The third-order valence-electron chi connectivity index (χ3n) is 3.22. The van der Waals surface area contributed by atoms with Gasteiger partial charge in [0.2, 0.25) is 5.75 Å². The van der Waals surface area contributed by atoms with Crippen molar-refractivity contribution >= 4 is 28.1 Å². The molecule has 0 radical (unpaired) electrons. The first-order valence-corrected chi connectivity index (χ1v) is 7.78. The number of hydrogen-bond donors (Lipinski definition) is 1. The number of nitrogens with zero attached hydrogens (tertiary/aromatic N) is 1. The first-order valence-electron chi connectivity index (χ1n) is 6.99. The molecule has 1 amide bonds. The van der Waals surface area contributed by atoms with Gasteiger partial charge in [0.25, 0.3) is 5.91 Å². The lowest BCUT2D eigenvalue weighted by molar-refractivity contribution is 0.0954. The molecule has 126 valence electrons. The van der Waals surface area contributed by atoms with Gasteiger partial charge in [-0.25, -0.2) is 5.43 Å². The highest BCUT2D eigenvalue weighted by molar-refractivity contribution is 9.10. The summed E-state index contributed by atoms with van der Waals surface area (Å²) < 4.78 is 16.6. The Morgan fingerprint density at radius 3 is 2.38 bits per heavy atom. The van der Waals surface area contributed by atoms with E-state index in [9.17, 15) is 4.79 Å². The summed E-state index contributed by atoms with van der Waals surface area (Å²) in [6.45, 7) is 0. The third-order valence-corrected chi connectivity index (χ3v) is 3.91. The van der Waals surface area contributed by atoms with Crippen molar-refractivity contribution in [2.75, 3.05) is 21.3 Å². The lowest BCUT2D eigenvalue weighted by atomic mass is 10.2. The molecule has 1 N–H and O–H groups in total. The fraction of sp³-hybridized carbons (Fsp3) is 0.176. The Labute approximate surface area is 148 Å². The molecule has 0 atom stereocenters. The summed E-state index contributed by atoms with van der Waals surface area (Å²) in [5, 5.41) is 3.98. The molecule has 6 nitrogen and oxygen atoms in total. The molecule has 0 fully saturated rings. The molecule has 2 aromatic carbocycles. The van der Waals surface area contributed by atoms with E-state index in [1.807, 2.05) is 6.07 Å². The topological polar surface area (TPSA) is 69.2 Å². The van der Waals surface area contributed by atoms with E-state index in [0.29, 0.717) is 32.8 Å². The molecule has 0 saturated heterocycles. The minimum atomic E-state index is -0.321. The van der Waals surface area contributed by atoms with Gasteiger partial charge >= 0.3 is 0 Å². The molecular formula is C17H17BrN2O4. The van der Waals surface area contributed by atoms with Crippen LogP contribution in [-0.2, 0) is 0 Å². The summed E-state index contributed by atoms with van der Waals surface area (Å²) in [6.07, 6.45) is 1.48. The van der Waals surface area contributed by atoms with Gasteiger partial charge in [-0.3, -0.25) is 4.79 Å². The Bertz CT molecular complexity index is 762. The minimum Gasteiger partial charge on any atom is -0.493 e. The molecular weight excluding hydrogens is 376 g/mol. The van der Waals surface area contributed by atoms with Crippen molar-refractivity contribution in [3.63, 3.8) is 0 Å². The molecule has 0 aromatic heterocycles. The van der Waals surface area contributed by atoms with Crippen LogP contribution in [-0.4, -0.2) is 33.5 Å². The van der Waals surface area contributed by atoms with Gasteiger partial charge < -0.3 is 14.2 Å². The standard InChI is InChI=1S/C17H17BrN2O4/c1-22-14-9-8-11(15(23-2)16(14)24-3)10-19-20-17(21)12-6-4-5-7-13(12)18/h4-10H,1-3H3,(H,20,21)/b19-10-. The van der Waals surface area contributed by atoms with Crippen molar-refractivity contribution < 1.29 is 19.0 Å². The predicted molar refractivity (Wildman–Crippen MR) is 95.3 cm³/mol. The summed E-state index contributed by atoms with van der Waals surface area (Å²) in [5.74, 6) is 1.15. The van der Waals surface area contributed by atoms with Crippen LogP contribution in [0.3, 0.4) is 0 Å². The zero-order chi connectivity index (χ0) is 17.5. The van der Waals surface area contributed by atoms with Crippen molar-refractivity contribution in [1.82, 2.24) is 5.43 Å². The predicted octanol–water partition coefficient (Wildman–Crippen LogP) is 3.24. The Morgan fingerprint density at radius 1 is 1.04 bits per heavy atom. The van der Waals surface area contributed by atoms with E-state index >= 15 is 0 Å². The van der Waals surface area contributed by atoms with Crippen LogP contribution in [0.5, 0.6) is 17.2 Å². The van der Waals surface area contributed by atoms with E-state index in [1.54, 1.807) is 37.4 Å². The highest BCUT2D eigenvalue weighted by Gasteiger charge is 2.14. The zero-order valence-corrected chi connectivity index (χ0v) is 15.1. The highest BCUT2D eigenvalue weighted by atomic mass is 79.9. The van der Waals surface area contributed by atoms with E-state index in [2.05, 4.69) is 26.5 Å². The van der Waals surface area contributed by atoms with Crippen LogP contribution in [0.25, 0.3) is 0 Å². The number of nitrogens with one attached hydrogen (secondary N) is 1. The second-order valence-electron chi connectivity index (χ2n) is 4.60. The summed E-state index contributed by atoms with van der Waals surface area (Å²) in [5.41, 5.74) is 3.61. The normalized spacial score (nSPS) is 10.5. The molecule has 0 unspecified atom stereocenters. The van der Waals surface area contributed by atoms with Crippen LogP contribution in [0.15, 0.2) is 46.0 Å². The SMILES string of the molecule is COc1ccc(/C=N\NC(=O)c2ccccc2Br)c(OC)c1OC. The smallest absolute Gasteiger partial charge is 0.272 e. The third kappa shape index (κ3) is 3.86. The fourth-order valence-corrected chi connectivity index (χ4v) is 2.56. The largest absolute Gasteiger partial charge is 0.493 e. The van der Waals surface area contributed by atoms with Crippen LogP contribution in [0, 0.1) is 0 Å². The van der Waals surface area contributed by atoms with Crippen LogP contribution in [0.1, 0.15) is 15.9 Å². The minimum absolute atomic E-state index is 0.321. The molecule has 0 saturated carbocycles. The Morgan fingerprint density at radius 2 is 1.75 bits per heavy atom. The van der Waals surface area contributed by atoms with Crippen molar-refractivity contribution in [3.8, 4) is 17.2 Å². The fourth-order valence-electron chi connectivity index (χ4n) is 2.09. The summed E-state index contributed by atoms with van der Waals surface area (Å²) in [7, 11) is 4.59. The average molecular weight is 393 g/mol. The Hall–Kier alpha value is -2.54. The number of carbonyl (C=O) groups is 1. The number of amides is 1. The first kappa shape index (κ1) is 17.8. The van der Waals surface area contributed by atoms with Gasteiger partial charge in [0.1, 0.15) is 0 Å². The lowest BCUT2D eigenvalue weighted by Gasteiger charge is -2.13. The molecule has 2 aromatic rings. The van der Waals surface area contributed by atoms with Crippen LogP contribution in [0.4, 0.5) is 0 Å². The van der Waals surface area contributed by atoms with Gasteiger partial charge in [0.05, 0.1) is 33.1 Å². The first-order chi connectivity index (χ1) is 11.6. The molecule has 2 rings (SSSR count). The second kappa shape index (κ2) is 8.35. The number of hydrazone groups is 1. The highest BCUT2D eigenvalue weighted by Crippen LogP contribution is 2.38. The van der Waals surface area contributed by atoms with Crippen LogP contribution in [0.2, 0.25) is 0 Å². The Balaban J connectivity index is 2.20.